The third-order valence-corrected chi connectivity index (χ3v) is 6.25. The highest BCUT2D eigenvalue weighted by molar-refractivity contribution is 5.95. The van der Waals surface area contributed by atoms with Crippen molar-refractivity contribution in [1.82, 2.24) is 4.90 Å². The highest BCUT2D eigenvalue weighted by atomic mass is 16.5. The van der Waals surface area contributed by atoms with Gasteiger partial charge in [0.1, 0.15) is 23.9 Å². The smallest absolute Gasteiger partial charge is 0.254 e. The van der Waals surface area contributed by atoms with Crippen molar-refractivity contribution in [2.45, 2.75) is 19.6 Å². The molecule has 7 nitrogen and oxygen atoms in total. The zero-order valence-corrected chi connectivity index (χ0v) is 20.6. The van der Waals surface area contributed by atoms with Crippen LogP contribution in [0.2, 0.25) is 0 Å². The van der Waals surface area contributed by atoms with Crippen LogP contribution in [-0.2, 0) is 29.1 Å². The number of nitrogens with one attached hydrogen (secondary N) is 1. The van der Waals surface area contributed by atoms with Gasteiger partial charge in [0.2, 0.25) is 5.91 Å². The Morgan fingerprint density at radius 2 is 1.81 bits per heavy atom. The molecule has 5 rings (SSSR count). The van der Waals surface area contributed by atoms with Gasteiger partial charge < -0.3 is 24.1 Å². The molecule has 1 N–H and O–H groups in total. The van der Waals surface area contributed by atoms with E-state index in [1.807, 2.05) is 77.7 Å². The van der Waals surface area contributed by atoms with Gasteiger partial charge in [0.15, 0.2) is 0 Å². The third kappa shape index (κ3) is 5.90. The van der Waals surface area contributed by atoms with Crippen molar-refractivity contribution >= 4 is 17.5 Å². The Morgan fingerprint density at radius 1 is 0.973 bits per heavy atom. The summed E-state index contributed by atoms with van der Waals surface area (Å²) in [4.78, 5) is 27.2. The van der Waals surface area contributed by atoms with Crippen LogP contribution in [0.5, 0.6) is 5.75 Å². The fourth-order valence-corrected chi connectivity index (χ4v) is 4.37. The minimum atomic E-state index is -0.224. The van der Waals surface area contributed by atoms with Crippen molar-refractivity contribution in [3.05, 3.63) is 107 Å². The summed E-state index contributed by atoms with van der Waals surface area (Å²) in [6.07, 6.45) is 0.639. The predicted molar refractivity (Wildman–Crippen MR) is 140 cm³/mol. The lowest BCUT2D eigenvalue weighted by Gasteiger charge is -2.26. The fourth-order valence-electron chi connectivity index (χ4n) is 4.37. The summed E-state index contributed by atoms with van der Waals surface area (Å²) in [6.45, 7) is 1.40. The van der Waals surface area contributed by atoms with E-state index in [0.29, 0.717) is 48.9 Å². The van der Waals surface area contributed by atoms with Crippen molar-refractivity contribution in [3.8, 4) is 17.1 Å². The number of carbonyl (C=O) groups is 2. The molecular formula is C30H28N2O5. The summed E-state index contributed by atoms with van der Waals surface area (Å²) in [5.41, 5.74) is 4.12. The van der Waals surface area contributed by atoms with Crippen molar-refractivity contribution in [2.75, 3.05) is 25.6 Å². The number of furan rings is 1. The van der Waals surface area contributed by atoms with E-state index in [0.717, 1.165) is 22.5 Å². The van der Waals surface area contributed by atoms with Gasteiger partial charge in [-0.15, -0.1) is 0 Å². The Balaban J connectivity index is 1.21. The fraction of sp³-hybridized carbons (Fsp3) is 0.200. The number of hydrogen-bond acceptors (Lipinski definition) is 5. The molecule has 3 aromatic carbocycles. The van der Waals surface area contributed by atoms with Gasteiger partial charge in [-0.1, -0.05) is 48.5 Å². The molecular weight excluding hydrogens is 468 g/mol. The number of ether oxygens (including phenoxy) is 2. The molecule has 0 radical (unpaired) electrons. The van der Waals surface area contributed by atoms with Crippen LogP contribution in [0.25, 0.3) is 11.3 Å². The lowest BCUT2D eigenvalue weighted by atomic mass is 10.1. The molecule has 1 aliphatic heterocycles. The van der Waals surface area contributed by atoms with Crippen LogP contribution in [0.4, 0.5) is 5.69 Å². The number of methoxy groups -OCH3 is 1. The molecule has 0 aliphatic carbocycles. The van der Waals surface area contributed by atoms with Crippen LogP contribution in [0.3, 0.4) is 0 Å². The maximum Gasteiger partial charge on any atom is 0.254 e. The zero-order chi connectivity index (χ0) is 25.6. The van der Waals surface area contributed by atoms with Crippen LogP contribution in [-0.4, -0.2) is 37.0 Å². The van der Waals surface area contributed by atoms with Gasteiger partial charge in [-0.2, -0.15) is 0 Å². The van der Waals surface area contributed by atoms with Crippen LogP contribution in [0.15, 0.2) is 89.3 Å². The first-order chi connectivity index (χ1) is 18.1. The van der Waals surface area contributed by atoms with Crippen LogP contribution in [0, 0.1) is 0 Å². The number of nitrogens with zero attached hydrogens (tertiary/aromatic N) is 1. The molecule has 188 valence electrons. The minimum absolute atomic E-state index is 0.0357. The van der Waals surface area contributed by atoms with E-state index < -0.39 is 0 Å². The van der Waals surface area contributed by atoms with Gasteiger partial charge in [-0.25, -0.2) is 0 Å². The second kappa shape index (κ2) is 11.1. The Bertz CT molecular complexity index is 1400. The molecule has 4 aromatic rings. The SMILES string of the molecule is COc1cccc(C(=O)N2CCc3oc(-c4cccc(NC(=O)COCc5ccccc5)c4)cc3C2)c1. The molecule has 0 saturated carbocycles. The normalized spacial score (nSPS) is 12.6. The van der Waals surface area contributed by atoms with Gasteiger partial charge in [-0.3, -0.25) is 9.59 Å². The molecule has 7 heteroatoms. The number of fused-ring (bicyclic) bond motifs is 1. The average Bonchev–Trinajstić information content (AvgIpc) is 3.37. The van der Waals surface area contributed by atoms with Crippen molar-refractivity contribution in [2.24, 2.45) is 0 Å². The van der Waals surface area contributed by atoms with Crippen molar-refractivity contribution in [3.63, 3.8) is 0 Å². The highest BCUT2D eigenvalue weighted by Crippen LogP contribution is 2.31. The lowest BCUT2D eigenvalue weighted by Crippen LogP contribution is -2.35. The van der Waals surface area contributed by atoms with E-state index in [1.54, 1.807) is 19.2 Å². The van der Waals surface area contributed by atoms with E-state index in [1.165, 1.54) is 0 Å². The van der Waals surface area contributed by atoms with Gasteiger partial charge in [0, 0.05) is 41.9 Å². The first-order valence-electron chi connectivity index (χ1n) is 12.2. The predicted octanol–water partition coefficient (Wildman–Crippen LogP) is 5.31. The second-order valence-corrected chi connectivity index (χ2v) is 8.88. The molecule has 37 heavy (non-hydrogen) atoms. The van der Waals surface area contributed by atoms with E-state index >= 15 is 0 Å². The van der Waals surface area contributed by atoms with E-state index in [-0.39, 0.29) is 18.4 Å². The van der Waals surface area contributed by atoms with Gasteiger partial charge in [0.05, 0.1) is 13.7 Å². The summed E-state index contributed by atoms with van der Waals surface area (Å²) < 4.78 is 16.9. The monoisotopic (exact) mass is 496 g/mol. The summed E-state index contributed by atoms with van der Waals surface area (Å²) in [5.74, 6) is 1.99. The molecule has 0 fully saturated rings. The molecule has 0 spiro atoms. The summed E-state index contributed by atoms with van der Waals surface area (Å²) in [7, 11) is 1.59. The second-order valence-electron chi connectivity index (χ2n) is 8.88. The number of hydrogen-bond donors (Lipinski definition) is 1. The van der Waals surface area contributed by atoms with E-state index in [4.69, 9.17) is 13.9 Å². The first-order valence-corrected chi connectivity index (χ1v) is 12.2. The standard InChI is InChI=1S/C30H28N2O5/c1-35-26-12-6-10-23(16-26)30(34)32-14-13-27-24(18-32)17-28(37-27)22-9-5-11-25(15-22)31-29(33)20-36-19-21-7-3-2-4-8-21/h2-12,15-17H,13-14,18-20H2,1H3,(H,31,33). The van der Waals surface area contributed by atoms with Crippen LogP contribution in [0.1, 0.15) is 27.2 Å². The Labute approximate surface area is 215 Å². The number of carbonyl (C=O) groups excluding carboxylic acids is 2. The van der Waals surface area contributed by atoms with Gasteiger partial charge in [-0.05, 0) is 42.0 Å². The summed E-state index contributed by atoms with van der Waals surface area (Å²) >= 11 is 0. The Kier molecular flexibility index (Phi) is 7.33. The summed E-state index contributed by atoms with van der Waals surface area (Å²) in [6, 6.07) is 26.4. The molecule has 0 atom stereocenters. The Morgan fingerprint density at radius 3 is 2.65 bits per heavy atom. The van der Waals surface area contributed by atoms with Gasteiger partial charge >= 0.3 is 0 Å². The molecule has 1 aliphatic rings. The van der Waals surface area contributed by atoms with Crippen LogP contribution >= 0.6 is 0 Å². The van der Waals surface area contributed by atoms with Gasteiger partial charge in [0.25, 0.3) is 5.91 Å². The largest absolute Gasteiger partial charge is 0.497 e. The summed E-state index contributed by atoms with van der Waals surface area (Å²) in [5, 5.41) is 2.88. The molecule has 0 saturated heterocycles. The zero-order valence-electron chi connectivity index (χ0n) is 20.6. The topological polar surface area (TPSA) is 81.0 Å². The number of rotatable bonds is 8. The van der Waals surface area contributed by atoms with Crippen LogP contribution < -0.4 is 10.1 Å². The first kappa shape index (κ1) is 24.3. The minimum Gasteiger partial charge on any atom is -0.497 e. The maximum atomic E-state index is 13.0. The number of amides is 2. The molecule has 0 bridgehead atoms. The quantitative estimate of drug-likeness (QED) is 0.358. The van der Waals surface area contributed by atoms with E-state index in [9.17, 15) is 9.59 Å². The molecule has 2 amide bonds. The van der Waals surface area contributed by atoms with E-state index in [2.05, 4.69) is 5.32 Å². The van der Waals surface area contributed by atoms with Crippen molar-refractivity contribution in [1.29, 1.82) is 0 Å². The number of anilines is 1. The van der Waals surface area contributed by atoms with Crippen molar-refractivity contribution < 1.29 is 23.5 Å². The molecule has 0 unspecified atom stereocenters. The number of benzene rings is 3. The third-order valence-electron chi connectivity index (χ3n) is 6.25. The maximum absolute atomic E-state index is 13.0. The molecule has 2 heterocycles. The lowest BCUT2D eigenvalue weighted by molar-refractivity contribution is -0.121. The average molecular weight is 497 g/mol. The molecule has 1 aromatic heterocycles. The highest BCUT2D eigenvalue weighted by Gasteiger charge is 2.25. The Hall–Kier alpha value is -4.36.